The van der Waals surface area contributed by atoms with Gasteiger partial charge in [-0.15, -0.1) is 5.10 Å². The topological polar surface area (TPSA) is 74.0 Å². The number of ether oxygens (including phenoxy) is 1. The lowest BCUT2D eigenvalue weighted by Gasteiger charge is -2.08. The number of aryl methyl sites for hydroxylation is 1. The van der Waals surface area contributed by atoms with Crippen LogP contribution in [0, 0.1) is 6.92 Å². The smallest absolute Gasteiger partial charge is 0.387 e. The van der Waals surface area contributed by atoms with Crippen LogP contribution in [0.4, 0.5) is 14.5 Å². The van der Waals surface area contributed by atoms with Gasteiger partial charge in [-0.1, -0.05) is 12.1 Å². The third-order valence-corrected chi connectivity index (χ3v) is 4.91. The van der Waals surface area contributed by atoms with Crippen LogP contribution in [-0.4, -0.2) is 32.1 Å². The van der Waals surface area contributed by atoms with E-state index in [9.17, 15) is 13.6 Å². The summed E-state index contributed by atoms with van der Waals surface area (Å²) in [4.78, 5) is 12.8. The molecule has 0 aliphatic carbocycles. The summed E-state index contributed by atoms with van der Waals surface area (Å²) in [5.41, 5.74) is 3.05. The minimum Gasteiger partial charge on any atom is -0.435 e. The summed E-state index contributed by atoms with van der Waals surface area (Å²) in [6, 6.07) is 13.7. The number of anilines is 1. The molecule has 0 atom stereocenters. The number of fused-ring (bicyclic) bond motifs is 1. The molecule has 0 unspecified atom stereocenters. The van der Waals surface area contributed by atoms with Crippen LogP contribution in [0.15, 0.2) is 54.7 Å². The van der Waals surface area contributed by atoms with Gasteiger partial charge in [0.25, 0.3) is 5.91 Å². The van der Waals surface area contributed by atoms with Crippen LogP contribution in [-0.2, 0) is 6.54 Å². The molecule has 9 heteroatoms. The third-order valence-electron chi connectivity index (χ3n) is 4.91. The van der Waals surface area contributed by atoms with Gasteiger partial charge in [0.15, 0.2) is 5.69 Å². The second-order valence-corrected chi connectivity index (χ2v) is 7.04. The lowest BCUT2D eigenvalue weighted by Crippen LogP contribution is -2.14. The zero-order valence-corrected chi connectivity index (χ0v) is 17.0. The Bertz CT molecular complexity index is 1210. The maximum absolute atomic E-state index is 12.8. The Hall–Kier alpha value is -3.75. The van der Waals surface area contributed by atoms with Crippen molar-refractivity contribution >= 4 is 22.5 Å². The lowest BCUT2D eigenvalue weighted by molar-refractivity contribution is -0.0498. The highest BCUT2D eigenvalue weighted by Gasteiger charge is 2.18. The first kappa shape index (κ1) is 20.5. The summed E-state index contributed by atoms with van der Waals surface area (Å²) < 4.78 is 32.6. The normalized spacial score (nSPS) is 11.3. The lowest BCUT2D eigenvalue weighted by atomic mass is 10.2. The Morgan fingerprint density at radius 3 is 2.65 bits per heavy atom. The van der Waals surface area contributed by atoms with Crippen molar-refractivity contribution in [3.8, 4) is 11.4 Å². The van der Waals surface area contributed by atoms with Crippen LogP contribution < -0.4 is 10.1 Å². The van der Waals surface area contributed by atoms with E-state index < -0.39 is 6.61 Å². The number of rotatable bonds is 7. The maximum Gasteiger partial charge on any atom is 0.387 e. The highest BCUT2D eigenvalue weighted by molar-refractivity contribution is 6.04. The van der Waals surface area contributed by atoms with E-state index in [1.165, 1.54) is 16.8 Å². The third kappa shape index (κ3) is 4.25. The quantitative estimate of drug-likeness (QED) is 0.462. The summed E-state index contributed by atoms with van der Waals surface area (Å²) in [6.45, 7) is 1.89. The van der Waals surface area contributed by atoms with Gasteiger partial charge >= 0.3 is 6.61 Å². The van der Waals surface area contributed by atoms with E-state index in [-0.39, 0.29) is 17.4 Å². The van der Waals surface area contributed by atoms with E-state index >= 15 is 0 Å². The molecule has 0 radical (unpaired) electrons. The summed E-state index contributed by atoms with van der Waals surface area (Å²) in [6.07, 6.45) is 3.08. The summed E-state index contributed by atoms with van der Waals surface area (Å²) in [5, 5.41) is 11.9. The number of amides is 1. The minimum atomic E-state index is -2.89. The average Bonchev–Trinajstić information content (AvgIpc) is 3.32. The van der Waals surface area contributed by atoms with Crippen molar-refractivity contribution in [1.82, 2.24) is 19.6 Å². The van der Waals surface area contributed by atoms with E-state index in [4.69, 9.17) is 0 Å². The van der Waals surface area contributed by atoms with Gasteiger partial charge in [0.05, 0.1) is 11.4 Å². The Morgan fingerprint density at radius 1 is 1.16 bits per heavy atom. The zero-order chi connectivity index (χ0) is 22.0. The molecule has 1 N–H and O–H groups in total. The van der Waals surface area contributed by atoms with E-state index in [1.54, 1.807) is 19.1 Å². The van der Waals surface area contributed by atoms with E-state index in [0.717, 1.165) is 23.9 Å². The van der Waals surface area contributed by atoms with Crippen molar-refractivity contribution in [2.24, 2.45) is 0 Å². The molecule has 2 aromatic carbocycles. The van der Waals surface area contributed by atoms with Crippen molar-refractivity contribution in [2.45, 2.75) is 33.4 Å². The number of aromatic nitrogens is 4. The van der Waals surface area contributed by atoms with Gasteiger partial charge in [0.1, 0.15) is 5.75 Å². The standard InChI is InChI=1S/C22H21F2N5O2/c1-3-11-28-12-10-15-13-16(4-9-19(15)28)25-21(30)20-14(2)29(27-26-20)17-5-7-18(8-6-17)31-22(23)24/h4-10,12-13,22H,3,11H2,1-2H3,(H,25,30). The zero-order valence-electron chi connectivity index (χ0n) is 17.0. The predicted molar refractivity (Wildman–Crippen MR) is 113 cm³/mol. The molecule has 4 rings (SSSR count). The number of nitrogens with zero attached hydrogens (tertiary/aromatic N) is 4. The molecule has 4 aromatic rings. The van der Waals surface area contributed by atoms with Crippen molar-refractivity contribution in [3.63, 3.8) is 0 Å². The summed E-state index contributed by atoms with van der Waals surface area (Å²) in [7, 11) is 0. The number of alkyl halides is 2. The summed E-state index contributed by atoms with van der Waals surface area (Å²) in [5.74, 6) is -0.341. The largest absolute Gasteiger partial charge is 0.435 e. The monoisotopic (exact) mass is 425 g/mol. The molecular formula is C22H21F2N5O2. The number of carbonyl (C=O) groups excluding carboxylic acids is 1. The molecule has 31 heavy (non-hydrogen) atoms. The number of benzene rings is 2. The van der Waals surface area contributed by atoms with Gasteiger partial charge < -0.3 is 14.6 Å². The van der Waals surface area contributed by atoms with Gasteiger partial charge in [-0.25, -0.2) is 4.68 Å². The van der Waals surface area contributed by atoms with E-state index in [1.807, 2.05) is 30.5 Å². The minimum absolute atomic E-state index is 0.0395. The Balaban J connectivity index is 1.52. The Labute approximate surface area is 177 Å². The number of carbonyl (C=O) groups is 1. The molecule has 0 aliphatic rings. The molecule has 0 aliphatic heterocycles. The predicted octanol–water partition coefficient (Wildman–Crippen LogP) is 4.79. The maximum atomic E-state index is 12.8. The number of halogens is 2. The molecule has 0 fully saturated rings. The van der Waals surface area contributed by atoms with Crippen LogP contribution in [0.25, 0.3) is 16.6 Å². The van der Waals surface area contributed by atoms with Crippen LogP contribution in [0.5, 0.6) is 5.75 Å². The van der Waals surface area contributed by atoms with Gasteiger partial charge in [0.2, 0.25) is 0 Å². The number of hydrogen-bond donors (Lipinski definition) is 1. The Kier molecular flexibility index (Phi) is 5.66. The van der Waals surface area contributed by atoms with Crippen LogP contribution in [0.2, 0.25) is 0 Å². The van der Waals surface area contributed by atoms with Crippen LogP contribution >= 0.6 is 0 Å². The van der Waals surface area contributed by atoms with Gasteiger partial charge in [-0.3, -0.25) is 4.79 Å². The highest BCUT2D eigenvalue weighted by Crippen LogP contribution is 2.22. The molecule has 2 aromatic heterocycles. The molecule has 2 heterocycles. The van der Waals surface area contributed by atoms with Gasteiger partial charge in [-0.05, 0) is 61.9 Å². The van der Waals surface area contributed by atoms with E-state index in [2.05, 4.69) is 31.9 Å². The highest BCUT2D eigenvalue weighted by atomic mass is 19.3. The van der Waals surface area contributed by atoms with Crippen LogP contribution in [0.1, 0.15) is 29.5 Å². The first-order valence-corrected chi connectivity index (χ1v) is 9.84. The van der Waals surface area contributed by atoms with E-state index in [0.29, 0.717) is 17.1 Å². The second-order valence-electron chi connectivity index (χ2n) is 7.04. The fourth-order valence-corrected chi connectivity index (χ4v) is 3.46. The van der Waals surface area contributed by atoms with Gasteiger partial charge in [-0.2, -0.15) is 8.78 Å². The fourth-order valence-electron chi connectivity index (χ4n) is 3.46. The molecule has 0 spiro atoms. The van der Waals surface area contributed by atoms with Crippen molar-refractivity contribution in [2.75, 3.05) is 5.32 Å². The van der Waals surface area contributed by atoms with Crippen molar-refractivity contribution in [3.05, 3.63) is 66.1 Å². The molecule has 0 saturated carbocycles. The van der Waals surface area contributed by atoms with Gasteiger partial charge in [0, 0.05) is 29.3 Å². The molecule has 0 saturated heterocycles. The Morgan fingerprint density at radius 2 is 1.94 bits per heavy atom. The number of hydrogen-bond acceptors (Lipinski definition) is 4. The molecule has 7 nitrogen and oxygen atoms in total. The van der Waals surface area contributed by atoms with Crippen molar-refractivity contribution < 1.29 is 18.3 Å². The SMILES string of the molecule is CCCn1ccc2cc(NC(=O)c3nnn(-c4ccc(OC(F)F)cc4)c3C)ccc21. The summed E-state index contributed by atoms with van der Waals surface area (Å²) >= 11 is 0. The first-order valence-electron chi connectivity index (χ1n) is 9.84. The second kappa shape index (κ2) is 8.55. The first-order chi connectivity index (χ1) is 15.0. The van der Waals surface area contributed by atoms with Crippen LogP contribution in [0.3, 0.4) is 0 Å². The average molecular weight is 425 g/mol. The fraction of sp³-hybridized carbons (Fsp3) is 0.227. The molecule has 160 valence electrons. The van der Waals surface area contributed by atoms with Crippen molar-refractivity contribution in [1.29, 1.82) is 0 Å². The molecular weight excluding hydrogens is 404 g/mol. The molecule has 0 bridgehead atoms. The molecule has 1 amide bonds. The number of nitrogens with one attached hydrogen (secondary N) is 1.